The summed E-state index contributed by atoms with van der Waals surface area (Å²) in [4.78, 5) is 18.1. The van der Waals surface area contributed by atoms with Crippen molar-refractivity contribution in [2.24, 2.45) is 0 Å². The second-order valence-corrected chi connectivity index (χ2v) is 9.00. The van der Waals surface area contributed by atoms with Crippen molar-refractivity contribution in [1.29, 1.82) is 0 Å². The molecule has 5 heteroatoms. The van der Waals surface area contributed by atoms with Crippen molar-refractivity contribution in [3.05, 3.63) is 101 Å². The summed E-state index contributed by atoms with van der Waals surface area (Å²) in [6.45, 7) is 5.00. The number of rotatable bonds is 5. The van der Waals surface area contributed by atoms with Crippen LogP contribution in [-0.4, -0.2) is 43.5 Å². The fraction of sp³-hybridized carbons (Fsp3) is 0.296. The van der Waals surface area contributed by atoms with Crippen LogP contribution in [0, 0.1) is 0 Å². The predicted molar refractivity (Wildman–Crippen MR) is 130 cm³/mol. The first kappa shape index (κ1) is 21.0. The molecule has 4 nitrogen and oxygen atoms in total. The Morgan fingerprint density at radius 1 is 0.781 bits per heavy atom. The third-order valence-corrected chi connectivity index (χ3v) is 7.07. The van der Waals surface area contributed by atoms with Gasteiger partial charge in [0.2, 0.25) is 5.91 Å². The molecule has 3 aromatic rings. The summed E-state index contributed by atoms with van der Waals surface area (Å²) >= 11 is 6.46. The lowest BCUT2D eigenvalue weighted by atomic mass is 9.82. The van der Waals surface area contributed by atoms with Gasteiger partial charge in [-0.1, -0.05) is 72.3 Å². The topological polar surface area (TPSA) is 35.6 Å². The smallest absolute Gasteiger partial charge is 0.228 e. The number of carbonyl (C=O) groups excluding carboxylic acids is 1. The highest BCUT2D eigenvalue weighted by atomic mass is 35.5. The highest BCUT2D eigenvalue weighted by Gasteiger charge is 2.34. The molecular formula is C27H28ClN3O. The van der Waals surface area contributed by atoms with Crippen molar-refractivity contribution in [3.8, 4) is 0 Å². The maximum atomic E-state index is 13.2. The molecule has 1 amide bonds. The first-order chi connectivity index (χ1) is 15.7. The van der Waals surface area contributed by atoms with Gasteiger partial charge in [-0.25, -0.2) is 0 Å². The largest absolute Gasteiger partial charge is 0.369 e. The highest BCUT2D eigenvalue weighted by Crippen LogP contribution is 2.38. The van der Waals surface area contributed by atoms with Gasteiger partial charge in [0.25, 0.3) is 0 Å². The third-order valence-electron chi connectivity index (χ3n) is 6.73. The molecule has 164 valence electrons. The average molecular weight is 446 g/mol. The Hall–Kier alpha value is -2.82. The van der Waals surface area contributed by atoms with Gasteiger partial charge in [0.05, 0.1) is 12.0 Å². The molecule has 2 aliphatic heterocycles. The lowest BCUT2D eigenvalue weighted by Gasteiger charge is -2.37. The van der Waals surface area contributed by atoms with Crippen LogP contribution in [0.1, 0.15) is 35.1 Å². The number of hydrogen-bond donors (Lipinski definition) is 1. The number of nitrogens with one attached hydrogen (secondary N) is 1. The Bertz CT molecular complexity index is 1080. The van der Waals surface area contributed by atoms with E-state index >= 15 is 0 Å². The van der Waals surface area contributed by atoms with Gasteiger partial charge in [0.15, 0.2) is 0 Å². The molecule has 0 aromatic heterocycles. The zero-order chi connectivity index (χ0) is 21.9. The van der Waals surface area contributed by atoms with Gasteiger partial charge in [-0.3, -0.25) is 9.69 Å². The second-order valence-electron chi connectivity index (χ2n) is 8.60. The number of para-hydroxylation sites is 1. The Kier molecular flexibility index (Phi) is 6.15. The van der Waals surface area contributed by atoms with Gasteiger partial charge in [-0.05, 0) is 47.9 Å². The predicted octanol–water partition coefficient (Wildman–Crippen LogP) is 4.86. The minimum absolute atomic E-state index is 0.0940. The number of hydrogen-bond acceptors (Lipinski definition) is 3. The molecular weight excluding hydrogens is 418 g/mol. The number of piperazine rings is 1. The van der Waals surface area contributed by atoms with E-state index in [1.54, 1.807) is 0 Å². The van der Waals surface area contributed by atoms with Crippen molar-refractivity contribution < 1.29 is 4.79 Å². The van der Waals surface area contributed by atoms with E-state index in [2.05, 4.69) is 57.6 Å². The van der Waals surface area contributed by atoms with Gasteiger partial charge < -0.3 is 10.2 Å². The molecule has 0 aliphatic carbocycles. The molecule has 0 spiro atoms. The minimum Gasteiger partial charge on any atom is -0.369 e. The quantitative estimate of drug-likeness (QED) is 0.609. The molecule has 5 rings (SSSR count). The normalized spacial score (nSPS) is 21.2. The fourth-order valence-electron chi connectivity index (χ4n) is 4.97. The van der Waals surface area contributed by atoms with Gasteiger partial charge in [-0.15, -0.1) is 0 Å². The van der Waals surface area contributed by atoms with Crippen LogP contribution in [0.4, 0.5) is 5.69 Å². The molecule has 1 N–H and O–H groups in total. The van der Waals surface area contributed by atoms with E-state index < -0.39 is 0 Å². The van der Waals surface area contributed by atoms with Crippen molar-refractivity contribution in [3.63, 3.8) is 0 Å². The van der Waals surface area contributed by atoms with E-state index in [0.717, 1.165) is 55.8 Å². The Morgan fingerprint density at radius 2 is 1.41 bits per heavy atom. The Morgan fingerprint density at radius 3 is 2.12 bits per heavy atom. The van der Waals surface area contributed by atoms with Gasteiger partial charge in [0, 0.05) is 36.9 Å². The van der Waals surface area contributed by atoms with E-state index in [0.29, 0.717) is 5.02 Å². The van der Waals surface area contributed by atoms with Crippen LogP contribution >= 0.6 is 11.6 Å². The van der Waals surface area contributed by atoms with Crippen molar-refractivity contribution in [2.45, 2.75) is 18.4 Å². The fourth-order valence-corrected chi connectivity index (χ4v) is 5.22. The summed E-state index contributed by atoms with van der Waals surface area (Å²) in [7, 11) is 0. The summed E-state index contributed by atoms with van der Waals surface area (Å²) in [5, 5.41) is 3.93. The van der Waals surface area contributed by atoms with Crippen LogP contribution in [-0.2, 0) is 4.79 Å². The number of carbonyl (C=O) groups is 1. The highest BCUT2D eigenvalue weighted by molar-refractivity contribution is 6.31. The molecule has 0 saturated carbocycles. The molecule has 2 unspecified atom stereocenters. The maximum absolute atomic E-state index is 13.2. The standard InChI is InChI=1S/C27H28ClN3O/c28-25-13-7-6-12-24(25)26-22-11-5-4-10-21(22)23(27(32)29-26)14-15-30-16-18-31(19-17-30)20-8-2-1-3-9-20/h1-13,23,26H,14-19H2,(H,29,32). The average Bonchev–Trinajstić information content (AvgIpc) is 2.84. The number of anilines is 1. The summed E-state index contributed by atoms with van der Waals surface area (Å²) in [6, 6.07) is 26.5. The SMILES string of the molecule is O=C1NC(c2ccccc2Cl)c2ccccc2C1CCN1CCN(c2ccccc2)CC1. The van der Waals surface area contributed by atoms with E-state index in [1.165, 1.54) is 5.69 Å². The molecule has 32 heavy (non-hydrogen) atoms. The van der Waals surface area contributed by atoms with Gasteiger partial charge in [-0.2, -0.15) is 0 Å². The zero-order valence-electron chi connectivity index (χ0n) is 18.1. The van der Waals surface area contributed by atoms with E-state index in [1.807, 2.05) is 36.4 Å². The van der Waals surface area contributed by atoms with Crippen LogP contribution in [0.15, 0.2) is 78.9 Å². The number of halogens is 1. The summed E-state index contributed by atoms with van der Waals surface area (Å²) in [5.41, 5.74) is 4.52. The van der Waals surface area contributed by atoms with Crippen LogP contribution in [0.3, 0.4) is 0 Å². The maximum Gasteiger partial charge on any atom is 0.228 e. The summed E-state index contributed by atoms with van der Waals surface area (Å²) in [5.74, 6) is -0.0337. The Balaban J connectivity index is 1.27. The summed E-state index contributed by atoms with van der Waals surface area (Å²) < 4.78 is 0. The number of benzene rings is 3. The molecule has 1 saturated heterocycles. The van der Waals surface area contributed by atoms with Crippen molar-refractivity contribution in [1.82, 2.24) is 10.2 Å². The molecule has 2 heterocycles. The van der Waals surface area contributed by atoms with Crippen molar-refractivity contribution in [2.75, 3.05) is 37.6 Å². The number of amides is 1. The van der Waals surface area contributed by atoms with Crippen molar-refractivity contribution >= 4 is 23.2 Å². The molecule has 0 radical (unpaired) electrons. The molecule has 3 aromatic carbocycles. The first-order valence-electron chi connectivity index (χ1n) is 11.4. The van der Waals surface area contributed by atoms with Crippen LogP contribution in [0.25, 0.3) is 0 Å². The molecule has 2 aliphatic rings. The zero-order valence-corrected chi connectivity index (χ0v) is 18.8. The second kappa shape index (κ2) is 9.35. The lowest BCUT2D eigenvalue weighted by Crippen LogP contribution is -2.47. The van der Waals surface area contributed by atoms with Gasteiger partial charge in [0.1, 0.15) is 0 Å². The molecule has 2 atom stereocenters. The minimum atomic E-state index is -0.196. The number of nitrogens with zero attached hydrogens (tertiary/aromatic N) is 2. The van der Waals surface area contributed by atoms with E-state index in [9.17, 15) is 4.79 Å². The molecule has 1 fully saturated rings. The monoisotopic (exact) mass is 445 g/mol. The van der Waals surface area contributed by atoms with Crippen LogP contribution in [0.2, 0.25) is 5.02 Å². The van der Waals surface area contributed by atoms with Gasteiger partial charge >= 0.3 is 0 Å². The molecule has 0 bridgehead atoms. The lowest BCUT2D eigenvalue weighted by molar-refractivity contribution is -0.124. The van der Waals surface area contributed by atoms with Crippen LogP contribution in [0.5, 0.6) is 0 Å². The van der Waals surface area contributed by atoms with E-state index in [4.69, 9.17) is 11.6 Å². The Labute approximate surface area is 194 Å². The van der Waals surface area contributed by atoms with Crippen LogP contribution < -0.4 is 10.2 Å². The first-order valence-corrected chi connectivity index (χ1v) is 11.7. The number of fused-ring (bicyclic) bond motifs is 1. The third kappa shape index (κ3) is 4.25. The van der Waals surface area contributed by atoms with E-state index in [-0.39, 0.29) is 17.9 Å². The summed E-state index contributed by atoms with van der Waals surface area (Å²) in [6.07, 6.45) is 0.823.